The molecule has 10 rings (SSSR count). The summed E-state index contributed by atoms with van der Waals surface area (Å²) in [5, 5.41) is 208. The average molecular weight is 1300 g/mol. The van der Waals surface area contributed by atoms with Crippen molar-refractivity contribution >= 4 is 5.97 Å². The molecule has 0 bridgehead atoms. The zero-order chi connectivity index (χ0) is 65.9. The van der Waals surface area contributed by atoms with E-state index in [0.717, 1.165) is 5.57 Å². The van der Waals surface area contributed by atoms with Crippen molar-refractivity contribution in [3.05, 3.63) is 11.6 Å². The summed E-state index contributed by atoms with van der Waals surface area (Å²) in [6, 6.07) is 0. The number of aliphatic hydroxyl groups excluding tert-OH is 19. The van der Waals surface area contributed by atoms with Crippen LogP contribution in [0.3, 0.4) is 0 Å². The fraction of sp³-hybridized carbons (Fsp3) is 0.950. The molecule has 30 nitrogen and oxygen atoms in total. The molecule has 9 fully saturated rings. The zero-order valence-electron chi connectivity index (χ0n) is 51.5. The second kappa shape index (κ2) is 26.5. The van der Waals surface area contributed by atoms with Crippen LogP contribution in [0.4, 0.5) is 0 Å². The van der Waals surface area contributed by atoms with E-state index in [4.69, 9.17) is 47.4 Å². The number of hydrogen-bond donors (Lipinski definition) is 19. The van der Waals surface area contributed by atoms with Crippen LogP contribution >= 0.6 is 0 Å². The number of rotatable bonds is 16. The number of ether oxygens (including phenoxy) is 10. The molecule has 0 aromatic heterocycles. The summed E-state index contributed by atoms with van der Waals surface area (Å²) in [5.41, 5.74) is -3.84. The summed E-state index contributed by atoms with van der Waals surface area (Å²) in [7, 11) is 0. The summed E-state index contributed by atoms with van der Waals surface area (Å²) >= 11 is 0. The molecule has 0 radical (unpaired) electrons. The number of esters is 1. The van der Waals surface area contributed by atoms with Gasteiger partial charge in [0.05, 0.1) is 51.8 Å². The van der Waals surface area contributed by atoms with Crippen molar-refractivity contribution in [3.8, 4) is 0 Å². The summed E-state index contributed by atoms with van der Waals surface area (Å²) in [4.78, 5) is 14.9. The van der Waals surface area contributed by atoms with Gasteiger partial charge in [-0.05, 0) is 97.2 Å². The van der Waals surface area contributed by atoms with Gasteiger partial charge < -0.3 is 144 Å². The Hall–Kier alpha value is -1.91. The van der Waals surface area contributed by atoms with Gasteiger partial charge in [0.25, 0.3) is 0 Å². The number of hydrogen-bond acceptors (Lipinski definition) is 30. The molecule has 5 saturated heterocycles. The first kappa shape index (κ1) is 70.9. The van der Waals surface area contributed by atoms with Crippen LogP contribution in [0.25, 0.3) is 0 Å². The first-order valence-electron chi connectivity index (χ1n) is 31.6. The van der Waals surface area contributed by atoms with Crippen LogP contribution in [0.15, 0.2) is 11.6 Å². The molecule has 90 heavy (non-hydrogen) atoms. The van der Waals surface area contributed by atoms with Gasteiger partial charge in [-0.3, -0.25) is 4.79 Å². The van der Waals surface area contributed by atoms with E-state index >= 15 is 0 Å². The molecule has 5 heterocycles. The van der Waals surface area contributed by atoms with Crippen LogP contribution in [-0.2, 0) is 52.2 Å². The molecule has 0 aromatic carbocycles. The van der Waals surface area contributed by atoms with Crippen molar-refractivity contribution in [2.45, 2.75) is 265 Å². The van der Waals surface area contributed by atoms with E-state index in [0.29, 0.717) is 38.5 Å². The Morgan fingerprint density at radius 2 is 0.922 bits per heavy atom. The largest absolute Gasteiger partial charge is 0.432 e. The maximum absolute atomic E-state index is 14.9. The highest BCUT2D eigenvalue weighted by atomic mass is 16.8. The Balaban J connectivity index is 0.963. The maximum Gasteiger partial charge on any atom is 0.317 e. The molecule has 0 spiro atoms. The summed E-state index contributed by atoms with van der Waals surface area (Å²) in [6.45, 7) is 7.73. The monoisotopic (exact) mass is 1300 g/mol. The first-order chi connectivity index (χ1) is 42.3. The van der Waals surface area contributed by atoms with E-state index in [2.05, 4.69) is 40.7 Å². The normalized spacial score (nSPS) is 54.5. The average Bonchev–Trinajstić information content (AvgIpc) is 0.673. The van der Waals surface area contributed by atoms with Crippen LogP contribution in [0.2, 0.25) is 0 Å². The van der Waals surface area contributed by atoms with Crippen molar-refractivity contribution in [2.24, 2.45) is 50.2 Å². The third-order valence-corrected chi connectivity index (χ3v) is 23.7. The van der Waals surface area contributed by atoms with Gasteiger partial charge >= 0.3 is 5.97 Å². The highest BCUT2D eigenvalue weighted by Crippen LogP contribution is 2.76. The molecule has 518 valence electrons. The smallest absolute Gasteiger partial charge is 0.317 e. The molecule has 4 saturated carbocycles. The van der Waals surface area contributed by atoms with Crippen molar-refractivity contribution in [2.75, 3.05) is 39.6 Å². The standard InChI is InChI=1S/C60H98O30/c1-55(2)13-14-60(54(80)90-51-45(79)41(75)36(70)27(19-63)83-51)24(15-55)23-7-8-31-56(3)11-10-33(57(4,22-66)30(56)9-12-58(31,5)59(23,6)16-32(60)67)86-53-48(89-50-44(78)40(74)35(69)26(18-62)82-50)46(38(72)29(21-65)85-53)87-52-47(42(76)37(71)28(20-64)84-52)88-49-43(77)39(73)34(68)25(17-61)81-49/h7,24-53,61-79H,8-22H2,1-6H3/t24-,25+,26+,27+,28+,29+,30+,31-,32+,33-,34+,35+,36+,37+,38+,39-,40-,41-,42-,43+,44+,45+,46-,47+,48+,49-,50-,51-,52-,53-,56+,57-,58-,59+,60+/m0/s1. The lowest BCUT2D eigenvalue weighted by atomic mass is 9.33. The van der Waals surface area contributed by atoms with Crippen LogP contribution in [0.1, 0.15) is 99.3 Å². The van der Waals surface area contributed by atoms with Gasteiger partial charge in [0.1, 0.15) is 127 Å². The predicted octanol–water partition coefficient (Wildman–Crippen LogP) is -6.27. The first-order valence-corrected chi connectivity index (χ1v) is 31.6. The third kappa shape index (κ3) is 11.6. The Bertz CT molecular complexity index is 2490. The molecular weight excluding hydrogens is 1200 g/mol. The second-order valence-corrected chi connectivity index (χ2v) is 29.0. The Labute approximate surface area is 520 Å². The van der Waals surface area contributed by atoms with Gasteiger partial charge in [0, 0.05) is 5.41 Å². The van der Waals surface area contributed by atoms with Crippen molar-refractivity contribution < 1.29 is 149 Å². The van der Waals surface area contributed by atoms with Crippen LogP contribution in [0.5, 0.6) is 0 Å². The van der Waals surface area contributed by atoms with Crippen LogP contribution < -0.4 is 0 Å². The van der Waals surface area contributed by atoms with Gasteiger partial charge in [0.15, 0.2) is 25.2 Å². The van der Waals surface area contributed by atoms with Gasteiger partial charge in [-0.15, -0.1) is 0 Å². The fourth-order valence-electron chi connectivity index (χ4n) is 18.1. The van der Waals surface area contributed by atoms with Gasteiger partial charge in [0.2, 0.25) is 6.29 Å². The lowest BCUT2D eigenvalue weighted by molar-refractivity contribution is -0.410. The van der Waals surface area contributed by atoms with Crippen molar-refractivity contribution in [1.82, 2.24) is 0 Å². The molecule has 5 aliphatic heterocycles. The summed E-state index contributed by atoms with van der Waals surface area (Å²) < 4.78 is 60.9. The topological polar surface area (TPSA) is 494 Å². The highest BCUT2D eigenvalue weighted by Gasteiger charge is 2.73. The molecule has 30 heteroatoms. The van der Waals surface area contributed by atoms with E-state index in [1.807, 2.05) is 6.92 Å². The molecule has 19 N–H and O–H groups in total. The third-order valence-electron chi connectivity index (χ3n) is 23.7. The maximum atomic E-state index is 14.9. The van der Waals surface area contributed by atoms with Crippen LogP contribution in [0, 0.1) is 50.2 Å². The number of carbonyl (C=O) groups is 1. The van der Waals surface area contributed by atoms with E-state index in [1.165, 1.54) is 0 Å². The fourth-order valence-corrected chi connectivity index (χ4v) is 18.1. The molecule has 10 aliphatic rings. The summed E-state index contributed by atoms with van der Waals surface area (Å²) in [6.07, 6.45) is -42.9. The Morgan fingerprint density at radius 1 is 0.467 bits per heavy atom. The highest BCUT2D eigenvalue weighted by molar-refractivity contribution is 5.80. The quantitative estimate of drug-likeness (QED) is 0.0388. The Kier molecular flexibility index (Phi) is 20.9. The number of aliphatic hydroxyl groups is 19. The van der Waals surface area contributed by atoms with Crippen molar-refractivity contribution in [1.29, 1.82) is 0 Å². The van der Waals surface area contributed by atoms with E-state index in [9.17, 15) is 102 Å². The number of carbonyl (C=O) groups excluding carboxylic acids is 1. The van der Waals surface area contributed by atoms with Crippen molar-refractivity contribution in [3.63, 3.8) is 0 Å². The molecule has 0 unspecified atom stereocenters. The molecule has 5 aliphatic carbocycles. The minimum atomic E-state index is -2.10. The Morgan fingerprint density at radius 3 is 1.44 bits per heavy atom. The molecule has 35 atom stereocenters. The summed E-state index contributed by atoms with van der Waals surface area (Å²) in [5.74, 6) is -1.83. The van der Waals surface area contributed by atoms with Gasteiger partial charge in [-0.1, -0.05) is 53.2 Å². The predicted molar refractivity (Wildman–Crippen MR) is 298 cm³/mol. The van der Waals surface area contributed by atoms with E-state index in [1.54, 1.807) is 0 Å². The lowest BCUT2D eigenvalue weighted by Gasteiger charge is -2.72. The van der Waals surface area contributed by atoms with Crippen LogP contribution in [-0.4, -0.2) is 308 Å². The lowest BCUT2D eigenvalue weighted by Crippen LogP contribution is -2.70. The number of fused-ring (bicyclic) bond motifs is 7. The van der Waals surface area contributed by atoms with Gasteiger partial charge in [-0.25, -0.2) is 0 Å². The minimum Gasteiger partial charge on any atom is -0.432 e. The zero-order valence-corrected chi connectivity index (χ0v) is 51.5. The second-order valence-electron chi connectivity index (χ2n) is 29.0. The molecular formula is C60H98O30. The number of allylic oxidation sites excluding steroid dienone is 2. The minimum absolute atomic E-state index is 0.119. The molecule has 0 amide bonds. The van der Waals surface area contributed by atoms with Gasteiger partial charge in [-0.2, -0.15) is 0 Å². The SMILES string of the molecule is CC1(C)CC[C@]2(C(=O)O[C@@H]3O[C@H](CO)[C@@H](O)[C@H](O)[C@H]3O)[C@H](O)C[C@]3(C)C(=CC[C@H]4[C@]5(C)CC[C@H](O[C@@H]6O[C@H](CO)[C@@H](O)[C@H](O[C@@H]7O[C@H](CO)[C@@H](O)[C@H](O)[C@H]7O[C@@H]7O[C@H](CO)[C@@H](O)[C@H](O)[C@H]7O)[C@H]6O[C@@H]6O[C@H](CO)[C@@H](O)[C@H](O)[C@H]6O)[C@@](C)(CO)[C@@H]5CC[C@@]43C)[C@@H]2C1. The van der Waals surface area contributed by atoms with E-state index in [-0.39, 0.29) is 36.5 Å². The molecule has 0 aromatic rings. The van der Waals surface area contributed by atoms with E-state index < -0.39 is 244 Å².